The molecule has 2 aromatic carbocycles. The van der Waals surface area contributed by atoms with Gasteiger partial charge in [0, 0.05) is 6.20 Å². The Kier molecular flexibility index (Phi) is 8.55. The first kappa shape index (κ1) is 30.0. The molecule has 2 aliphatic heterocycles. The fourth-order valence-electron chi connectivity index (χ4n) is 7.11. The normalized spacial score (nSPS) is 23.6. The molecule has 9 nitrogen and oxygen atoms in total. The Morgan fingerprint density at radius 2 is 1.89 bits per heavy atom. The molecule has 4 N–H and O–H groups in total. The Bertz CT molecular complexity index is 1630. The lowest BCUT2D eigenvalue weighted by Crippen LogP contribution is -2.46. The highest BCUT2D eigenvalue weighted by Crippen LogP contribution is 2.52. The van der Waals surface area contributed by atoms with Gasteiger partial charge in [-0.3, -0.25) is 19.5 Å². The van der Waals surface area contributed by atoms with Crippen molar-refractivity contribution in [3.63, 3.8) is 0 Å². The Morgan fingerprint density at radius 3 is 2.61 bits per heavy atom. The molecule has 2 fully saturated rings. The number of amides is 2. The van der Waals surface area contributed by atoms with E-state index in [0.29, 0.717) is 31.4 Å². The van der Waals surface area contributed by atoms with Crippen molar-refractivity contribution in [3.8, 4) is 5.75 Å². The van der Waals surface area contributed by atoms with E-state index in [-0.39, 0.29) is 35.3 Å². The quantitative estimate of drug-likeness (QED) is 0.178. The van der Waals surface area contributed by atoms with E-state index < -0.39 is 32.2 Å². The molecule has 0 bridgehead atoms. The van der Waals surface area contributed by atoms with Crippen LogP contribution in [0, 0.1) is 17.8 Å². The van der Waals surface area contributed by atoms with Crippen LogP contribution in [-0.2, 0) is 14.2 Å². The maximum Gasteiger partial charge on any atom is 0.488 e. The van der Waals surface area contributed by atoms with Crippen molar-refractivity contribution >= 4 is 48.9 Å². The number of rotatable bonds is 8. The summed E-state index contributed by atoms with van der Waals surface area (Å²) in [6.45, 7) is 2.04. The first-order chi connectivity index (χ1) is 21.2. The maximum absolute atomic E-state index is 14.0. The third kappa shape index (κ3) is 5.76. The number of allylic oxidation sites excluding steroid dienone is 2. The van der Waals surface area contributed by atoms with E-state index >= 15 is 0 Å². The molecule has 6 rings (SSSR count). The second-order valence-corrected chi connectivity index (χ2v) is 11.7. The summed E-state index contributed by atoms with van der Waals surface area (Å²) in [5, 5.41) is 40.3. The van der Waals surface area contributed by atoms with Crippen LogP contribution < -0.4 is 10.4 Å². The monoisotopic (exact) mass is 592 g/mol. The number of hydrogen-bond acceptors (Lipinski definition) is 8. The van der Waals surface area contributed by atoms with Gasteiger partial charge in [-0.05, 0) is 103 Å². The minimum atomic E-state index is -1.73. The van der Waals surface area contributed by atoms with Gasteiger partial charge < -0.3 is 24.8 Å². The standard InChI is InChI=1S/C33H34B2N2O7/c1-2-21-17-26-31(33(40)37(32(26)39)24-9-6-8-23(18-24)35(42)43)27-19-34(41)44-29(30(21)27)13-12-22(28-11-3-4-14-36-28)15-20-7-5-10-25(38)16-20/h3-11,14-16,18,26-27,29,31,38,41-43H,2,12-13,17,19H2,1H3/b22-15-/t26-,27+,29-,31-/m1/s1. The molecule has 0 radical (unpaired) electrons. The molecule has 0 spiro atoms. The molecule has 3 aromatic rings. The van der Waals surface area contributed by atoms with E-state index in [1.54, 1.807) is 36.5 Å². The highest BCUT2D eigenvalue weighted by molar-refractivity contribution is 6.58. The topological polar surface area (TPSA) is 140 Å². The minimum absolute atomic E-state index is 0.166. The van der Waals surface area contributed by atoms with Crippen LogP contribution in [0.15, 0.2) is 84.1 Å². The van der Waals surface area contributed by atoms with E-state index in [1.807, 2.05) is 37.3 Å². The van der Waals surface area contributed by atoms with Gasteiger partial charge in [0.2, 0.25) is 11.8 Å². The summed E-state index contributed by atoms with van der Waals surface area (Å²) in [5.74, 6) is -2.05. The van der Waals surface area contributed by atoms with E-state index in [1.165, 1.54) is 17.0 Å². The summed E-state index contributed by atoms with van der Waals surface area (Å²) in [7, 11) is -2.82. The van der Waals surface area contributed by atoms with Crippen LogP contribution in [0.1, 0.15) is 43.9 Å². The fourth-order valence-corrected chi connectivity index (χ4v) is 7.11. The highest BCUT2D eigenvalue weighted by atomic mass is 16.5. The lowest BCUT2D eigenvalue weighted by atomic mass is 9.58. The molecule has 2 saturated heterocycles. The zero-order chi connectivity index (χ0) is 31.0. The summed E-state index contributed by atoms with van der Waals surface area (Å²) < 4.78 is 6.15. The van der Waals surface area contributed by atoms with E-state index in [4.69, 9.17) is 4.65 Å². The molecule has 0 unspecified atom stereocenters. The number of benzene rings is 2. The number of hydrogen-bond donors (Lipinski definition) is 4. The van der Waals surface area contributed by atoms with Gasteiger partial charge >= 0.3 is 14.2 Å². The van der Waals surface area contributed by atoms with E-state index in [0.717, 1.165) is 28.0 Å². The average molecular weight is 592 g/mol. The largest absolute Gasteiger partial charge is 0.508 e. The van der Waals surface area contributed by atoms with Crippen molar-refractivity contribution in [1.82, 2.24) is 4.98 Å². The Hall–Kier alpha value is -4.02. The lowest BCUT2D eigenvalue weighted by molar-refractivity contribution is -0.122. The van der Waals surface area contributed by atoms with E-state index in [2.05, 4.69) is 4.98 Å². The molecule has 224 valence electrons. The van der Waals surface area contributed by atoms with Crippen molar-refractivity contribution < 1.29 is 34.4 Å². The van der Waals surface area contributed by atoms with Crippen molar-refractivity contribution in [2.24, 2.45) is 17.8 Å². The molecule has 11 heteroatoms. The van der Waals surface area contributed by atoms with Gasteiger partial charge in [-0.2, -0.15) is 0 Å². The Labute approximate surface area is 256 Å². The number of pyridine rings is 1. The third-order valence-corrected chi connectivity index (χ3v) is 9.04. The maximum atomic E-state index is 14.0. The van der Waals surface area contributed by atoms with Crippen LogP contribution in [0.25, 0.3) is 11.6 Å². The number of aromatic hydroxyl groups is 1. The predicted molar refractivity (Wildman–Crippen MR) is 168 cm³/mol. The molecule has 3 heterocycles. The molecule has 0 saturated carbocycles. The van der Waals surface area contributed by atoms with Crippen LogP contribution in [-0.4, -0.2) is 57.3 Å². The number of carbonyl (C=O) groups excluding carboxylic acids is 2. The molecule has 2 amide bonds. The van der Waals surface area contributed by atoms with Crippen molar-refractivity contribution in [2.75, 3.05) is 4.90 Å². The summed E-state index contributed by atoms with van der Waals surface area (Å²) in [5.41, 5.74) is 5.13. The van der Waals surface area contributed by atoms with Gasteiger partial charge in [0.05, 0.1) is 29.3 Å². The van der Waals surface area contributed by atoms with Gasteiger partial charge in [-0.15, -0.1) is 0 Å². The first-order valence-corrected chi connectivity index (χ1v) is 15.1. The van der Waals surface area contributed by atoms with Gasteiger partial charge in [0.15, 0.2) is 0 Å². The van der Waals surface area contributed by atoms with Gasteiger partial charge in [-0.25, -0.2) is 0 Å². The molecular weight excluding hydrogens is 558 g/mol. The Morgan fingerprint density at radius 1 is 1.07 bits per heavy atom. The number of nitrogens with zero attached hydrogens (tertiary/aromatic N) is 2. The second kappa shape index (κ2) is 12.5. The predicted octanol–water partition coefficient (Wildman–Crippen LogP) is 3.20. The highest BCUT2D eigenvalue weighted by Gasteiger charge is 2.57. The number of carbonyl (C=O) groups is 2. The molecule has 3 aliphatic rings. The smallest absolute Gasteiger partial charge is 0.488 e. The number of fused-ring (bicyclic) bond motifs is 3. The van der Waals surface area contributed by atoms with E-state index in [9.17, 15) is 29.8 Å². The second-order valence-electron chi connectivity index (χ2n) is 11.7. The number of anilines is 1. The number of imide groups is 1. The SMILES string of the molecule is CCC1=C2[C@@H](CC/C(=C/c3cccc(O)c3)c3ccccn3)OB(O)C[C@@H]2[C@@H]2C(=O)N(c3cccc(B(O)O)c3)C(=O)[C@@H]2C1. The van der Waals surface area contributed by atoms with Crippen LogP contribution >= 0.6 is 0 Å². The van der Waals surface area contributed by atoms with Gasteiger partial charge in [0.25, 0.3) is 0 Å². The van der Waals surface area contributed by atoms with Crippen LogP contribution in [0.3, 0.4) is 0 Å². The zero-order valence-corrected chi connectivity index (χ0v) is 24.4. The average Bonchev–Trinajstić information content (AvgIpc) is 3.28. The zero-order valence-electron chi connectivity index (χ0n) is 24.4. The summed E-state index contributed by atoms with van der Waals surface area (Å²) in [6.07, 6.45) is 5.66. The summed E-state index contributed by atoms with van der Waals surface area (Å²) >= 11 is 0. The van der Waals surface area contributed by atoms with Crippen molar-refractivity contribution in [1.29, 1.82) is 0 Å². The number of phenols is 1. The van der Waals surface area contributed by atoms with Crippen LogP contribution in [0.4, 0.5) is 5.69 Å². The molecule has 44 heavy (non-hydrogen) atoms. The molecule has 1 aliphatic carbocycles. The van der Waals surface area contributed by atoms with Gasteiger partial charge in [0.1, 0.15) is 5.75 Å². The Balaban J connectivity index is 1.31. The minimum Gasteiger partial charge on any atom is -0.508 e. The molecule has 4 atom stereocenters. The fraction of sp³-hybridized carbons (Fsp3) is 0.303. The lowest BCUT2D eigenvalue weighted by Gasteiger charge is -2.43. The first-order valence-electron chi connectivity index (χ1n) is 15.1. The summed E-state index contributed by atoms with van der Waals surface area (Å²) in [4.78, 5) is 33.4. The van der Waals surface area contributed by atoms with Crippen LogP contribution in [0.2, 0.25) is 6.32 Å². The molecule has 1 aromatic heterocycles. The van der Waals surface area contributed by atoms with Gasteiger partial charge in [-0.1, -0.05) is 42.8 Å². The van der Waals surface area contributed by atoms with Crippen molar-refractivity contribution in [2.45, 2.75) is 45.0 Å². The van der Waals surface area contributed by atoms with Crippen LogP contribution in [0.5, 0.6) is 5.75 Å². The number of aromatic nitrogens is 1. The third-order valence-electron chi connectivity index (χ3n) is 9.04. The molecular formula is C33H34B2N2O7. The number of phenolic OH excluding ortho intramolecular Hbond substituents is 1. The van der Waals surface area contributed by atoms with Crippen molar-refractivity contribution in [3.05, 3.63) is 95.3 Å². The summed E-state index contributed by atoms with van der Waals surface area (Å²) in [6, 6.07) is 18.9.